The molecule has 1 aliphatic rings. The molecule has 0 bridgehead atoms. The predicted octanol–water partition coefficient (Wildman–Crippen LogP) is 2.32. The topological polar surface area (TPSA) is 92.8 Å². The highest BCUT2D eigenvalue weighted by atomic mass is 32.2. The molecular formula is C20H29FN2O5S. The first kappa shape index (κ1) is 23.3. The molecule has 0 aromatic heterocycles. The van der Waals surface area contributed by atoms with Crippen molar-refractivity contribution in [2.45, 2.75) is 51.0 Å². The van der Waals surface area contributed by atoms with E-state index in [1.54, 1.807) is 11.8 Å². The third kappa shape index (κ3) is 6.50. The number of carbonyl (C=O) groups excluding carboxylic acids is 2. The van der Waals surface area contributed by atoms with Gasteiger partial charge in [-0.3, -0.25) is 9.59 Å². The molecule has 29 heavy (non-hydrogen) atoms. The smallest absolute Gasteiger partial charge is 0.309 e. The number of nitrogens with one attached hydrogen (secondary N) is 1. The van der Waals surface area contributed by atoms with Crippen LogP contribution < -0.4 is 4.72 Å². The fourth-order valence-corrected chi connectivity index (χ4v) is 4.62. The van der Waals surface area contributed by atoms with Gasteiger partial charge in [0, 0.05) is 25.6 Å². The van der Waals surface area contributed by atoms with Gasteiger partial charge in [0.05, 0.1) is 17.4 Å². The number of carbonyl (C=O) groups is 2. The Balaban J connectivity index is 1.97. The maximum atomic E-state index is 13.1. The molecule has 7 nitrogen and oxygen atoms in total. The van der Waals surface area contributed by atoms with E-state index < -0.39 is 21.9 Å². The molecule has 9 heteroatoms. The molecule has 1 saturated heterocycles. The van der Waals surface area contributed by atoms with Gasteiger partial charge in [0.2, 0.25) is 15.9 Å². The van der Waals surface area contributed by atoms with Crippen LogP contribution in [0.3, 0.4) is 0 Å². The van der Waals surface area contributed by atoms with E-state index in [9.17, 15) is 22.4 Å². The molecule has 0 radical (unpaired) electrons. The number of halogens is 1. The van der Waals surface area contributed by atoms with Gasteiger partial charge in [-0.2, -0.15) is 0 Å². The van der Waals surface area contributed by atoms with E-state index in [2.05, 4.69) is 4.72 Å². The van der Waals surface area contributed by atoms with Crippen LogP contribution in [0.1, 0.15) is 40.0 Å². The molecule has 1 atom stereocenters. The lowest BCUT2D eigenvalue weighted by Crippen LogP contribution is -2.46. The number of benzene rings is 1. The van der Waals surface area contributed by atoms with Crippen LogP contribution in [0.25, 0.3) is 0 Å². The van der Waals surface area contributed by atoms with Crippen LogP contribution in [-0.2, 0) is 24.3 Å². The van der Waals surface area contributed by atoms with Gasteiger partial charge in [0.15, 0.2) is 0 Å². The number of amides is 1. The van der Waals surface area contributed by atoms with Crippen LogP contribution in [0.15, 0.2) is 29.2 Å². The highest BCUT2D eigenvalue weighted by molar-refractivity contribution is 7.89. The summed E-state index contributed by atoms with van der Waals surface area (Å²) in [7, 11) is -3.87. The van der Waals surface area contributed by atoms with Crippen molar-refractivity contribution in [1.82, 2.24) is 9.62 Å². The lowest BCUT2D eigenvalue weighted by Gasteiger charge is -2.32. The van der Waals surface area contributed by atoms with Crippen molar-refractivity contribution in [3.63, 3.8) is 0 Å². The van der Waals surface area contributed by atoms with E-state index in [0.29, 0.717) is 32.5 Å². The number of esters is 1. The third-order valence-corrected chi connectivity index (χ3v) is 6.60. The van der Waals surface area contributed by atoms with Crippen LogP contribution in [0.5, 0.6) is 0 Å². The Morgan fingerprint density at radius 3 is 2.31 bits per heavy atom. The lowest BCUT2D eigenvalue weighted by molar-refractivity contribution is -0.151. The average molecular weight is 429 g/mol. The molecule has 0 spiro atoms. The van der Waals surface area contributed by atoms with Gasteiger partial charge < -0.3 is 9.64 Å². The van der Waals surface area contributed by atoms with E-state index in [-0.39, 0.29) is 35.0 Å². The first-order chi connectivity index (χ1) is 13.6. The average Bonchev–Trinajstić information content (AvgIpc) is 2.67. The number of piperidine rings is 1. The van der Waals surface area contributed by atoms with Gasteiger partial charge >= 0.3 is 5.97 Å². The summed E-state index contributed by atoms with van der Waals surface area (Å²) in [6.45, 7) is 6.64. The zero-order valence-electron chi connectivity index (χ0n) is 17.1. The Bertz CT molecular complexity index is 803. The van der Waals surface area contributed by atoms with Crippen molar-refractivity contribution in [3.8, 4) is 0 Å². The van der Waals surface area contributed by atoms with E-state index >= 15 is 0 Å². The highest BCUT2D eigenvalue weighted by Gasteiger charge is 2.31. The van der Waals surface area contributed by atoms with Gasteiger partial charge in [-0.15, -0.1) is 0 Å². The van der Waals surface area contributed by atoms with E-state index in [4.69, 9.17) is 4.74 Å². The summed E-state index contributed by atoms with van der Waals surface area (Å²) in [5, 5.41) is 0. The van der Waals surface area contributed by atoms with Gasteiger partial charge in [0.1, 0.15) is 5.82 Å². The Morgan fingerprint density at radius 2 is 1.79 bits per heavy atom. The maximum Gasteiger partial charge on any atom is 0.309 e. The van der Waals surface area contributed by atoms with Crippen molar-refractivity contribution >= 4 is 21.9 Å². The molecule has 1 fully saturated rings. The summed E-state index contributed by atoms with van der Waals surface area (Å²) >= 11 is 0. The van der Waals surface area contributed by atoms with Crippen LogP contribution in [-0.4, -0.2) is 50.9 Å². The number of nitrogens with zero attached hydrogens (tertiary/aromatic N) is 1. The molecule has 1 aromatic rings. The zero-order valence-corrected chi connectivity index (χ0v) is 17.9. The molecule has 1 aliphatic heterocycles. The van der Waals surface area contributed by atoms with Crippen molar-refractivity contribution in [1.29, 1.82) is 0 Å². The van der Waals surface area contributed by atoms with Crippen LogP contribution in [0, 0.1) is 17.7 Å². The number of ether oxygens (including phenoxy) is 1. The molecule has 0 aliphatic carbocycles. The van der Waals surface area contributed by atoms with Crippen molar-refractivity contribution in [3.05, 3.63) is 30.1 Å². The first-order valence-electron chi connectivity index (χ1n) is 9.86. The molecule has 1 N–H and O–H groups in total. The monoisotopic (exact) mass is 428 g/mol. The quantitative estimate of drug-likeness (QED) is 0.642. The number of hydrogen-bond acceptors (Lipinski definition) is 5. The standard InChI is InChI=1S/C20H29FN2O5S/c1-4-28-20(25)15-9-11-23(12-10-15)19(24)13-18(14(2)3)22-29(26,27)17-7-5-16(21)6-8-17/h5-8,14-15,18,22H,4,9-13H2,1-3H3/t18-/m1/s1. The largest absolute Gasteiger partial charge is 0.466 e. The van der Waals surface area contributed by atoms with E-state index in [1.165, 1.54) is 12.1 Å². The molecule has 1 heterocycles. The summed E-state index contributed by atoms with van der Waals surface area (Å²) in [5.41, 5.74) is 0. The van der Waals surface area contributed by atoms with Gasteiger partial charge in [-0.1, -0.05) is 13.8 Å². The Morgan fingerprint density at radius 1 is 1.21 bits per heavy atom. The highest BCUT2D eigenvalue weighted by Crippen LogP contribution is 2.21. The minimum Gasteiger partial charge on any atom is -0.466 e. The predicted molar refractivity (Wildman–Crippen MR) is 106 cm³/mol. The van der Waals surface area contributed by atoms with Crippen LogP contribution in [0.4, 0.5) is 4.39 Å². The molecule has 2 rings (SSSR count). The number of hydrogen-bond donors (Lipinski definition) is 1. The van der Waals surface area contributed by atoms with Crippen LogP contribution in [0.2, 0.25) is 0 Å². The molecular weight excluding hydrogens is 399 g/mol. The van der Waals surface area contributed by atoms with Crippen molar-refractivity contribution in [2.75, 3.05) is 19.7 Å². The van der Waals surface area contributed by atoms with E-state index in [0.717, 1.165) is 12.1 Å². The molecule has 0 saturated carbocycles. The molecule has 162 valence electrons. The fourth-order valence-electron chi connectivity index (χ4n) is 3.24. The Labute approximate surface area is 171 Å². The Hall–Kier alpha value is -2.00. The Kier molecular flexibility index (Phi) is 8.15. The summed E-state index contributed by atoms with van der Waals surface area (Å²) in [5.74, 6) is -1.23. The van der Waals surface area contributed by atoms with E-state index in [1.807, 2.05) is 13.8 Å². The maximum absolute atomic E-state index is 13.1. The van der Waals surface area contributed by atoms with Crippen molar-refractivity contribution in [2.24, 2.45) is 11.8 Å². The summed E-state index contributed by atoms with van der Waals surface area (Å²) in [4.78, 5) is 26.2. The molecule has 0 unspecified atom stereocenters. The first-order valence-corrected chi connectivity index (χ1v) is 11.3. The SMILES string of the molecule is CCOC(=O)C1CCN(C(=O)C[C@@H](NS(=O)(=O)c2ccc(F)cc2)C(C)C)CC1. The molecule has 1 aromatic carbocycles. The fraction of sp³-hybridized carbons (Fsp3) is 0.600. The number of likely N-dealkylation sites (tertiary alicyclic amines) is 1. The zero-order chi connectivity index (χ0) is 21.6. The summed E-state index contributed by atoms with van der Waals surface area (Å²) in [6.07, 6.45) is 1.10. The lowest BCUT2D eigenvalue weighted by atomic mass is 9.95. The van der Waals surface area contributed by atoms with Crippen LogP contribution >= 0.6 is 0 Å². The summed E-state index contributed by atoms with van der Waals surface area (Å²) in [6, 6.07) is 3.95. The number of sulfonamides is 1. The normalized spacial score (nSPS) is 16.7. The third-order valence-electron chi connectivity index (χ3n) is 5.10. The second kappa shape index (κ2) is 10.2. The molecule has 1 amide bonds. The summed E-state index contributed by atoms with van der Waals surface area (Å²) < 4.78 is 45.8. The van der Waals surface area contributed by atoms with Gasteiger partial charge in [0.25, 0.3) is 0 Å². The van der Waals surface area contributed by atoms with Gasteiger partial charge in [-0.05, 0) is 49.9 Å². The van der Waals surface area contributed by atoms with Gasteiger partial charge in [-0.25, -0.2) is 17.5 Å². The second-order valence-corrected chi connectivity index (χ2v) is 9.25. The van der Waals surface area contributed by atoms with Crippen molar-refractivity contribution < 1.29 is 27.1 Å². The minimum absolute atomic E-state index is 0.0160. The second-order valence-electron chi connectivity index (χ2n) is 7.54. The number of rotatable bonds is 8. The minimum atomic E-state index is -3.87.